The van der Waals surface area contributed by atoms with Crippen molar-refractivity contribution in [1.29, 1.82) is 0 Å². The van der Waals surface area contributed by atoms with Gasteiger partial charge in [-0.1, -0.05) is 48.9 Å². The van der Waals surface area contributed by atoms with E-state index in [1.54, 1.807) is 18.2 Å². The Labute approximate surface area is 158 Å². The molecule has 0 aliphatic rings. The molecule has 1 N–H and O–H groups in total. The molecular weight excluding hydrogens is 354 g/mol. The van der Waals surface area contributed by atoms with Gasteiger partial charge in [-0.3, -0.25) is 9.59 Å². The quantitative estimate of drug-likeness (QED) is 0.728. The van der Waals surface area contributed by atoms with Crippen LogP contribution in [0, 0.1) is 0 Å². The summed E-state index contributed by atoms with van der Waals surface area (Å²) in [5.74, 6) is -0.317. The summed E-state index contributed by atoms with van der Waals surface area (Å²) in [6.45, 7) is 3.48. The van der Waals surface area contributed by atoms with Crippen molar-refractivity contribution in [2.75, 3.05) is 12.4 Å². The van der Waals surface area contributed by atoms with Gasteiger partial charge < -0.3 is 14.8 Å². The second-order valence-electron chi connectivity index (χ2n) is 5.99. The van der Waals surface area contributed by atoms with E-state index < -0.39 is 18.0 Å². The van der Waals surface area contributed by atoms with Crippen molar-refractivity contribution >= 4 is 29.2 Å². The van der Waals surface area contributed by atoms with Crippen molar-refractivity contribution in [2.24, 2.45) is 0 Å². The number of nitrogens with one attached hydrogen (secondary N) is 1. The molecule has 6 heteroatoms. The predicted octanol–water partition coefficient (Wildman–Crippen LogP) is 4.41. The Bertz CT molecular complexity index is 764. The number of rotatable bonds is 7. The SMILES string of the molecule is COc1ccc(NC(=O)[C@H](C)OC(=O)C[C@@H](C)c2ccccc2)cc1Cl. The predicted molar refractivity (Wildman–Crippen MR) is 102 cm³/mol. The number of amides is 1. The van der Waals surface area contributed by atoms with Gasteiger partial charge in [-0.2, -0.15) is 0 Å². The van der Waals surface area contributed by atoms with Gasteiger partial charge in [-0.05, 0) is 36.6 Å². The third kappa shape index (κ3) is 5.49. The molecule has 138 valence electrons. The van der Waals surface area contributed by atoms with Crippen molar-refractivity contribution in [3.8, 4) is 5.75 Å². The van der Waals surface area contributed by atoms with E-state index in [0.29, 0.717) is 16.5 Å². The average molecular weight is 376 g/mol. The molecule has 0 bridgehead atoms. The largest absolute Gasteiger partial charge is 0.495 e. The van der Waals surface area contributed by atoms with Crippen molar-refractivity contribution in [1.82, 2.24) is 0 Å². The van der Waals surface area contributed by atoms with E-state index in [1.807, 2.05) is 37.3 Å². The highest BCUT2D eigenvalue weighted by molar-refractivity contribution is 6.32. The first-order chi connectivity index (χ1) is 12.4. The number of methoxy groups -OCH3 is 1. The summed E-state index contributed by atoms with van der Waals surface area (Å²) < 4.78 is 10.3. The smallest absolute Gasteiger partial charge is 0.307 e. The number of halogens is 1. The Morgan fingerprint density at radius 1 is 1.12 bits per heavy atom. The molecule has 2 aromatic rings. The van der Waals surface area contributed by atoms with Gasteiger partial charge in [0, 0.05) is 5.69 Å². The molecule has 0 unspecified atom stereocenters. The number of ether oxygens (including phenoxy) is 2. The summed E-state index contributed by atoms with van der Waals surface area (Å²) in [5.41, 5.74) is 1.55. The molecule has 1 amide bonds. The minimum atomic E-state index is -0.911. The Morgan fingerprint density at radius 3 is 2.42 bits per heavy atom. The first-order valence-electron chi connectivity index (χ1n) is 8.29. The molecule has 0 aromatic heterocycles. The highest BCUT2D eigenvalue weighted by Crippen LogP contribution is 2.27. The van der Waals surface area contributed by atoms with Gasteiger partial charge in [0.25, 0.3) is 5.91 Å². The van der Waals surface area contributed by atoms with Crippen LogP contribution in [0.15, 0.2) is 48.5 Å². The number of anilines is 1. The number of hydrogen-bond donors (Lipinski definition) is 1. The average Bonchev–Trinajstić information content (AvgIpc) is 2.62. The number of carbonyl (C=O) groups is 2. The van der Waals surface area contributed by atoms with E-state index in [1.165, 1.54) is 14.0 Å². The lowest BCUT2D eigenvalue weighted by Gasteiger charge is -2.16. The Morgan fingerprint density at radius 2 is 1.81 bits per heavy atom. The zero-order valence-corrected chi connectivity index (χ0v) is 15.7. The summed E-state index contributed by atoms with van der Waals surface area (Å²) in [7, 11) is 1.51. The first kappa shape index (κ1) is 19.8. The molecule has 0 radical (unpaired) electrons. The second-order valence-corrected chi connectivity index (χ2v) is 6.39. The summed E-state index contributed by atoms with van der Waals surface area (Å²) in [5, 5.41) is 3.05. The topological polar surface area (TPSA) is 64.6 Å². The van der Waals surface area contributed by atoms with Crippen molar-refractivity contribution in [3.63, 3.8) is 0 Å². The standard InChI is InChI=1S/C20H22ClNO4/c1-13(15-7-5-4-6-8-15)11-19(23)26-14(2)20(24)22-16-9-10-18(25-3)17(21)12-16/h4-10,12-14H,11H2,1-3H3,(H,22,24)/t13-,14+/m1/s1. The van der Waals surface area contributed by atoms with E-state index in [-0.39, 0.29) is 12.3 Å². The summed E-state index contributed by atoms with van der Waals surface area (Å²) in [6, 6.07) is 14.6. The van der Waals surface area contributed by atoms with Gasteiger partial charge in [0.05, 0.1) is 18.6 Å². The third-order valence-electron chi connectivity index (χ3n) is 3.94. The number of carbonyl (C=O) groups excluding carboxylic acids is 2. The normalized spacial score (nSPS) is 12.8. The fourth-order valence-electron chi connectivity index (χ4n) is 2.44. The van der Waals surface area contributed by atoms with Gasteiger partial charge in [0.15, 0.2) is 6.10 Å². The minimum absolute atomic E-state index is 0.0133. The molecule has 0 saturated heterocycles. The van der Waals surface area contributed by atoms with E-state index in [2.05, 4.69) is 5.32 Å². The maximum Gasteiger partial charge on any atom is 0.307 e. The summed E-state index contributed by atoms with van der Waals surface area (Å²) >= 11 is 6.03. The van der Waals surface area contributed by atoms with Crippen LogP contribution < -0.4 is 10.1 Å². The lowest BCUT2D eigenvalue weighted by molar-refractivity contribution is -0.153. The maximum atomic E-state index is 12.2. The molecule has 2 atom stereocenters. The summed E-state index contributed by atoms with van der Waals surface area (Å²) in [4.78, 5) is 24.3. The molecule has 5 nitrogen and oxygen atoms in total. The van der Waals surface area contributed by atoms with Crippen molar-refractivity contribution in [3.05, 3.63) is 59.1 Å². The Hall–Kier alpha value is -2.53. The third-order valence-corrected chi connectivity index (χ3v) is 4.23. The van der Waals surface area contributed by atoms with Gasteiger partial charge in [-0.25, -0.2) is 0 Å². The van der Waals surface area contributed by atoms with E-state index in [0.717, 1.165) is 5.56 Å². The highest BCUT2D eigenvalue weighted by Gasteiger charge is 2.20. The molecule has 0 spiro atoms. The fraction of sp³-hybridized carbons (Fsp3) is 0.300. The number of esters is 1. The van der Waals surface area contributed by atoms with Gasteiger partial charge in [0.2, 0.25) is 0 Å². The van der Waals surface area contributed by atoms with Gasteiger partial charge in [-0.15, -0.1) is 0 Å². The van der Waals surface area contributed by atoms with E-state index >= 15 is 0 Å². The van der Waals surface area contributed by atoms with Crippen LogP contribution in [0.2, 0.25) is 5.02 Å². The zero-order chi connectivity index (χ0) is 19.1. The van der Waals surface area contributed by atoms with Crippen LogP contribution in [0.25, 0.3) is 0 Å². The molecule has 0 fully saturated rings. The molecule has 2 aromatic carbocycles. The van der Waals surface area contributed by atoms with Crippen LogP contribution in [0.3, 0.4) is 0 Å². The summed E-state index contributed by atoms with van der Waals surface area (Å²) in [6.07, 6.45) is -0.706. The number of hydrogen-bond acceptors (Lipinski definition) is 4. The van der Waals surface area contributed by atoms with Crippen molar-refractivity contribution in [2.45, 2.75) is 32.3 Å². The molecular formula is C20H22ClNO4. The van der Waals surface area contributed by atoms with Crippen LogP contribution in [-0.4, -0.2) is 25.1 Å². The molecule has 2 rings (SSSR count). The minimum Gasteiger partial charge on any atom is -0.495 e. The molecule has 0 saturated carbocycles. The second kappa shape index (κ2) is 9.25. The lowest BCUT2D eigenvalue weighted by Crippen LogP contribution is -2.30. The van der Waals surface area contributed by atoms with Gasteiger partial charge in [0.1, 0.15) is 5.75 Å². The van der Waals surface area contributed by atoms with Crippen LogP contribution >= 0.6 is 11.6 Å². The van der Waals surface area contributed by atoms with E-state index in [9.17, 15) is 9.59 Å². The monoisotopic (exact) mass is 375 g/mol. The van der Waals surface area contributed by atoms with Crippen LogP contribution in [0.1, 0.15) is 31.7 Å². The van der Waals surface area contributed by atoms with Crippen LogP contribution in [-0.2, 0) is 14.3 Å². The van der Waals surface area contributed by atoms with E-state index in [4.69, 9.17) is 21.1 Å². The zero-order valence-electron chi connectivity index (χ0n) is 15.0. The van der Waals surface area contributed by atoms with Gasteiger partial charge >= 0.3 is 5.97 Å². The number of benzene rings is 2. The highest BCUT2D eigenvalue weighted by atomic mass is 35.5. The fourth-order valence-corrected chi connectivity index (χ4v) is 2.69. The van der Waals surface area contributed by atoms with Crippen molar-refractivity contribution < 1.29 is 19.1 Å². The lowest BCUT2D eigenvalue weighted by atomic mass is 9.98. The molecule has 0 aliphatic carbocycles. The maximum absolute atomic E-state index is 12.2. The Balaban J connectivity index is 1.88. The molecule has 0 heterocycles. The first-order valence-corrected chi connectivity index (χ1v) is 8.67. The van der Waals surface area contributed by atoms with Crippen LogP contribution in [0.4, 0.5) is 5.69 Å². The molecule has 26 heavy (non-hydrogen) atoms. The molecule has 0 aliphatic heterocycles. The Kier molecular flexibility index (Phi) is 7.04. The van der Waals surface area contributed by atoms with Crippen LogP contribution in [0.5, 0.6) is 5.75 Å².